The van der Waals surface area contributed by atoms with E-state index in [0.717, 1.165) is 0 Å². The van der Waals surface area contributed by atoms with Crippen LogP contribution in [-0.2, 0) is 10.0 Å². The van der Waals surface area contributed by atoms with E-state index >= 15 is 0 Å². The fourth-order valence-electron chi connectivity index (χ4n) is 3.87. The number of nitrogens with zero attached hydrogens (tertiary/aromatic N) is 2. The van der Waals surface area contributed by atoms with Gasteiger partial charge in [-0.1, -0.05) is 19.9 Å². The van der Waals surface area contributed by atoms with Crippen molar-refractivity contribution in [2.75, 3.05) is 12.3 Å². The number of sulfonamides is 1. The van der Waals surface area contributed by atoms with Gasteiger partial charge in [0.15, 0.2) is 5.03 Å². The molecule has 0 saturated carbocycles. The van der Waals surface area contributed by atoms with Crippen molar-refractivity contribution in [2.45, 2.75) is 32.7 Å². The molecule has 2 heterocycles. The van der Waals surface area contributed by atoms with E-state index in [0.29, 0.717) is 23.3 Å². The molecule has 0 saturated heterocycles. The van der Waals surface area contributed by atoms with Crippen LogP contribution in [0, 0.1) is 31.4 Å². The molecule has 2 aromatic carbocycles. The number of nitrogens with two attached hydrogens (primary N) is 1. The Hall–Kier alpha value is -4.58. The smallest absolute Gasteiger partial charge is 0.281 e. The zero-order valence-electron chi connectivity index (χ0n) is 22.7. The van der Waals surface area contributed by atoms with Gasteiger partial charge in [-0.15, -0.1) is 0 Å². The first kappa shape index (κ1) is 29.4. The summed E-state index contributed by atoms with van der Waals surface area (Å²) in [6, 6.07) is 13.2. The Bertz CT molecular complexity index is 1710. The van der Waals surface area contributed by atoms with E-state index in [1.807, 2.05) is 18.6 Å². The number of benzene rings is 2. The van der Waals surface area contributed by atoms with E-state index in [1.54, 1.807) is 19.9 Å². The molecular weight excluding hydrogens is 554 g/mol. The first-order chi connectivity index (χ1) is 19.3. The number of hydrogen-bond donors (Lipinski definition) is 2. The van der Waals surface area contributed by atoms with Crippen LogP contribution >= 0.6 is 0 Å². The number of carbonyl (C=O) groups is 1. The van der Waals surface area contributed by atoms with Crippen LogP contribution in [0.3, 0.4) is 0 Å². The second-order valence-corrected chi connectivity index (χ2v) is 11.4. The van der Waals surface area contributed by atoms with Crippen molar-refractivity contribution >= 4 is 21.7 Å². The molecule has 1 amide bonds. The van der Waals surface area contributed by atoms with Gasteiger partial charge in [-0.2, -0.15) is 8.42 Å². The fraction of sp³-hybridized carbons (Fsp3) is 0.207. The van der Waals surface area contributed by atoms with E-state index < -0.39 is 32.6 Å². The highest BCUT2D eigenvalue weighted by Crippen LogP contribution is 2.33. The minimum atomic E-state index is -4.42. The van der Waals surface area contributed by atoms with Crippen LogP contribution in [0.5, 0.6) is 17.4 Å². The number of rotatable bonds is 9. The molecule has 0 unspecified atom stereocenters. The lowest BCUT2D eigenvalue weighted by Gasteiger charge is -2.16. The maximum absolute atomic E-state index is 14.5. The fourth-order valence-corrected chi connectivity index (χ4v) is 4.82. The van der Waals surface area contributed by atoms with Crippen molar-refractivity contribution in [3.63, 3.8) is 0 Å². The van der Waals surface area contributed by atoms with E-state index in [2.05, 4.69) is 9.97 Å². The van der Waals surface area contributed by atoms with Crippen LogP contribution in [0.15, 0.2) is 65.7 Å². The van der Waals surface area contributed by atoms with Crippen LogP contribution in [-0.4, -0.2) is 30.9 Å². The highest BCUT2D eigenvalue weighted by atomic mass is 32.2. The Balaban J connectivity index is 1.78. The number of nitrogens with one attached hydrogen (secondary N) is 1. The van der Waals surface area contributed by atoms with Crippen molar-refractivity contribution in [1.82, 2.24) is 14.7 Å². The zero-order valence-corrected chi connectivity index (χ0v) is 23.6. The summed E-state index contributed by atoms with van der Waals surface area (Å²) >= 11 is 0. The van der Waals surface area contributed by atoms with Crippen LogP contribution < -0.4 is 19.9 Å². The minimum absolute atomic E-state index is 0.0514. The molecule has 0 atom stereocenters. The molecule has 0 spiro atoms. The minimum Gasteiger partial charge on any atom is -0.493 e. The second kappa shape index (κ2) is 11.9. The summed E-state index contributed by atoms with van der Waals surface area (Å²) in [5, 5.41) is -0.461. The van der Waals surface area contributed by atoms with Gasteiger partial charge in [0.1, 0.15) is 34.5 Å². The molecule has 41 heavy (non-hydrogen) atoms. The van der Waals surface area contributed by atoms with Gasteiger partial charge in [-0.3, -0.25) is 4.79 Å². The average Bonchev–Trinajstić information content (AvgIpc) is 2.89. The number of aryl methyl sites for hydroxylation is 2. The van der Waals surface area contributed by atoms with E-state index in [9.17, 15) is 22.0 Å². The molecule has 4 aromatic rings. The van der Waals surface area contributed by atoms with Crippen LogP contribution in [0.25, 0.3) is 11.3 Å². The third kappa shape index (κ3) is 7.14. The van der Waals surface area contributed by atoms with Crippen molar-refractivity contribution < 1.29 is 31.5 Å². The van der Waals surface area contributed by atoms with Crippen LogP contribution in [0.2, 0.25) is 0 Å². The van der Waals surface area contributed by atoms with Gasteiger partial charge in [0.2, 0.25) is 5.88 Å². The van der Waals surface area contributed by atoms with Crippen LogP contribution in [0.4, 0.5) is 14.6 Å². The van der Waals surface area contributed by atoms with E-state index in [4.69, 9.17) is 15.2 Å². The lowest BCUT2D eigenvalue weighted by molar-refractivity contribution is 0.0978. The summed E-state index contributed by atoms with van der Waals surface area (Å²) in [6.07, 6.45) is 0. The number of ether oxygens (including phenoxy) is 2. The topological polar surface area (TPSA) is 134 Å². The predicted octanol–water partition coefficient (Wildman–Crippen LogP) is 5.57. The SMILES string of the molecule is Cc1cc(F)cc(C)c1Oc1nc(-c2cc(F)cc(OCC(C)C)c2)ccc1C(=O)NS(=O)(=O)c1cccc(N)n1. The molecule has 9 nitrogen and oxygen atoms in total. The Kier molecular flexibility index (Phi) is 8.52. The van der Waals surface area contributed by atoms with Crippen molar-refractivity contribution in [1.29, 1.82) is 0 Å². The number of pyridine rings is 2. The first-order valence-electron chi connectivity index (χ1n) is 12.5. The van der Waals surface area contributed by atoms with Crippen molar-refractivity contribution in [3.05, 3.63) is 89.0 Å². The largest absolute Gasteiger partial charge is 0.493 e. The molecule has 0 aliphatic rings. The molecule has 12 heteroatoms. The summed E-state index contributed by atoms with van der Waals surface area (Å²) in [6.45, 7) is 7.49. The van der Waals surface area contributed by atoms with Gasteiger partial charge in [-0.05, 0) is 79.4 Å². The number of nitrogen functional groups attached to an aromatic ring is 1. The molecule has 0 radical (unpaired) electrons. The quantitative estimate of drug-likeness (QED) is 0.262. The molecule has 0 bridgehead atoms. The Labute approximate surface area is 236 Å². The van der Waals surface area contributed by atoms with E-state index in [1.165, 1.54) is 54.6 Å². The molecular formula is C29H28F2N4O5S. The number of anilines is 1. The third-order valence-corrected chi connectivity index (χ3v) is 6.96. The molecule has 2 aromatic heterocycles. The maximum atomic E-state index is 14.5. The molecule has 0 aliphatic carbocycles. The van der Waals surface area contributed by atoms with Gasteiger partial charge >= 0.3 is 0 Å². The second-order valence-electron chi connectivity index (χ2n) is 9.74. The summed E-state index contributed by atoms with van der Waals surface area (Å²) in [4.78, 5) is 21.4. The number of hydrogen-bond acceptors (Lipinski definition) is 8. The number of aromatic nitrogens is 2. The lowest BCUT2D eigenvalue weighted by atomic mass is 10.1. The normalized spacial score (nSPS) is 11.4. The van der Waals surface area contributed by atoms with E-state index in [-0.39, 0.29) is 40.4 Å². The van der Waals surface area contributed by atoms with Gasteiger partial charge < -0.3 is 15.2 Å². The monoisotopic (exact) mass is 582 g/mol. The highest BCUT2D eigenvalue weighted by molar-refractivity contribution is 7.90. The molecule has 0 fully saturated rings. The van der Waals surface area contributed by atoms with Gasteiger partial charge in [0.25, 0.3) is 15.9 Å². The van der Waals surface area contributed by atoms with Gasteiger partial charge in [0, 0.05) is 11.6 Å². The molecule has 4 rings (SSSR count). The Morgan fingerprint density at radius 1 is 0.976 bits per heavy atom. The maximum Gasteiger partial charge on any atom is 0.281 e. The standard InChI is InChI=1S/C29H28F2N4O5S/c1-16(2)15-39-22-13-19(12-21(31)14-22)24-9-8-23(28(36)35-41(37,38)26-7-5-6-25(32)34-26)29(33-24)40-27-17(3)10-20(30)11-18(27)4/h5-14,16H,15H2,1-4H3,(H2,32,34)(H,35,36). The summed E-state index contributed by atoms with van der Waals surface area (Å²) in [5.41, 5.74) is 6.69. The Morgan fingerprint density at radius 3 is 2.32 bits per heavy atom. The zero-order chi connectivity index (χ0) is 29.9. The van der Waals surface area contributed by atoms with Crippen molar-refractivity contribution in [2.24, 2.45) is 5.92 Å². The molecule has 214 valence electrons. The summed E-state index contributed by atoms with van der Waals surface area (Å²) in [5.74, 6) is -1.76. The summed E-state index contributed by atoms with van der Waals surface area (Å²) < 4.78 is 67.7. The molecule has 3 N–H and O–H groups in total. The van der Waals surface area contributed by atoms with Crippen molar-refractivity contribution in [3.8, 4) is 28.6 Å². The molecule has 0 aliphatic heterocycles. The highest BCUT2D eigenvalue weighted by Gasteiger charge is 2.25. The first-order valence-corrected chi connectivity index (χ1v) is 14.0. The average molecular weight is 583 g/mol. The number of amides is 1. The number of halogens is 2. The van der Waals surface area contributed by atoms with Crippen LogP contribution in [0.1, 0.15) is 35.3 Å². The summed E-state index contributed by atoms with van der Waals surface area (Å²) in [7, 11) is -4.42. The third-order valence-electron chi connectivity index (χ3n) is 5.73. The Morgan fingerprint density at radius 2 is 1.66 bits per heavy atom. The van der Waals surface area contributed by atoms with Gasteiger partial charge in [0.05, 0.1) is 12.3 Å². The lowest BCUT2D eigenvalue weighted by Crippen LogP contribution is -2.31. The predicted molar refractivity (Wildman–Crippen MR) is 149 cm³/mol. The number of carbonyl (C=O) groups excluding carboxylic acids is 1. The van der Waals surface area contributed by atoms with Gasteiger partial charge in [-0.25, -0.2) is 23.5 Å².